The van der Waals surface area contributed by atoms with Gasteiger partial charge >= 0.3 is 29.6 Å². The summed E-state index contributed by atoms with van der Waals surface area (Å²) in [5, 5.41) is 0. The molecule has 0 spiro atoms. The van der Waals surface area contributed by atoms with E-state index in [1.165, 1.54) is 128 Å². The molecule has 0 fully saturated rings. The zero-order valence-electron chi connectivity index (χ0n) is 23.3. The summed E-state index contributed by atoms with van der Waals surface area (Å²) in [5.41, 5.74) is 0. The van der Waals surface area contributed by atoms with Crippen LogP contribution < -0.4 is 29.6 Å². The molecular formula is C28H57NaO4S. The van der Waals surface area contributed by atoms with Crippen molar-refractivity contribution in [3.05, 3.63) is 0 Å². The molecule has 0 aliphatic heterocycles. The van der Waals surface area contributed by atoms with Crippen molar-refractivity contribution in [3.63, 3.8) is 0 Å². The van der Waals surface area contributed by atoms with Gasteiger partial charge in [0.25, 0.3) is 0 Å². The molecule has 4 nitrogen and oxygen atoms in total. The summed E-state index contributed by atoms with van der Waals surface area (Å²) in [7, 11) is -4.58. The third-order valence-electron chi connectivity index (χ3n) is 6.88. The first kappa shape index (κ1) is 37.0. The zero-order chi connectivity index (χ0) is 24.5. The Labute approximate surface area is 236 Å². The molecule has 0 aliphatic carbocycles. The zero-order valence-corrected chi connectivity index (χ0v) is 26.1. The summed E-state index contributed by atoms with van der Waals surface area (Å²) in [6, 6.07) is 0. The molecule has 0 aromatic heterocycles. The Bertz CT molecular complexity index is 459. The molecule has 0 aliphatic rings. The van der Waals surface area contributed by atoms with Crippen LogP contribution in [0, 0.1) is 5.92 Å². The Morgan fingerprint density at radius 1 is 0.529 bits per heavy atom. The molecule has 6 heteroatoms. The van der Waals surface area contributed by atoms with Gasteiger partial charge in [-0.15, -0.1) is 0 Å². The molecule has 0 unspecified atom stereocenters. The average Bonchev–Trinajstić information content (AvgIpc) is 2.78. The maximum Gasteiger partial charge on any atom is 1.00 e. The Kier molecular flexibility index (Phi) is 31.0. The summed E-state index contributed by atoms with van der Waals surface area (Å²) in [6.45, 7) is 4.59. The summed E-state index contributed by atoms with van der Waals surface area (Å²) in [6.07, 6.45) is 30.8. The van der Waals surface area contributed by atoms with E-state index in [0.29, 0.717) is 0 Å². The molecule has 0 rings (SSSR count). The smallest absolute Gasteiger partial charge is 0.726 e. The standard InChI is InChI=1S/C28H58O4S.Na/c1-3-5-7-9-11-13-15-17-19-21-23-25-28(27-32-33(29,30)31)26-24-22-20-18-16-14-12-10-8-6-4-2;/h28H,3-27H2,1-2H3,(H,29,30,31);/q;+1/p-1. The van der Waals surface area contributed by atoms with E-state index in [-0.39, 0.29) is 42.1 Å². The van der Waals surface area contributed by atoms with Crippen LogP contribution in [-0.2, 0) is 14.6 Å². The predicted octanol–water partition coefficient (Wildman–Crippen LogP) is 6.49. The van der Waals surface area contributed by atoms with Crippen LogP contribution in [0.15, 0.2) is 0 Å². The maximum absolute atomic E-state index is 10.9. The van der Waals surface area contributed by atoms with Crippen LogP contribution >= 0.6 is 0 Å². The fourth-order valence-electron chi connectivity index (χ4n) is 4.69. The van der Waals surface area contributed by atoms with Gasteiger partial charge in [0.15, 0.2) is 0 Å². The van der Waals surface area contributed by atoms with E-state index >= 15 is 0 Å². The number of hydrogen-bond donors (Lipinski definition) is 0. The van der Waals surface area contributed by atoms with Gasteiger partial charge in [-0.1, -0.05) is 155 Å². The number of unbranched alkanes of at least 4 members (excludes halogenated alkanes) is 20. The van der Waals surface area contributed by atoms with Gasteiger partial charge in [-0.25, -0.2) is 8.42 Å². The molecule has 0 saturated heterocycles. The SMILES string of the molecule is CCCCCCCCCCCCCC(CCCCCCCCCCCCC)COS(=O)(=O)[O-].[Na+]. The van der Waals surface area contributed by atoms with Crippen molar-refractivity contribution >= 4 is 10.4 Å². The normalized spacial score (nSPS) is 11.8. The number of rotatable bonds is 27. The maximum atomic E-state index is 10.9. The van der Waals surface area contributed by atoms with Crippen LogP contribution in [-0.4, -0.2) is 19.6 Å². The summed E-state index contributed by atoms with van der Waals surface area (Å²) in [4.78, 5) is 0. The second-order valence-corrected chi connectivity index (χ2v) is 11.3. The van der Waals surface area contributed by atoms with Crippen LogP contribution in [0.1, 0.15) is 168 Å². The first-order chi connectivity index (χ1) is 16.0. The van der Waals surface area contributed by atoms with Crippen LogP contribution in [0.2, 0.25) is 0 Å². The molecule has 0 aromatic carbocycles. The quantitative estimate of drug-likeness (QED) is 0.0546. The van der Waals surface area contributed by atoms with Gasteiger partial charge < -0.3 is 4.55 Å². The molecule has 0 radical (unpaired) electrons. The van der Waals surface area contributed by atoms with Crippen molar-refractivity contribution in [2.24, 2.45) is 5.92 Å². The molecule has 0 amide bonds. The molecule has 0 atom stereocenters. The Hall–Kier alpha value is 0.870. The number of hydrogen-bond acceptors (Lipinski definition) is 4. The van der Waals surface area contributed by atoms with E-state index in [4.69, 9.17) is 0 Å². The molecule has 34 heavy (non-hydrogen) atoms. The van der Waals surface area contributed by atoms with Crippen LogP contribution in [0.3, 0.4) is 0 Å². The van der Waals surface area contributed by atoms with Crippen molar-refractivity contribution in [2.45, 2.75) is 168 Å². The molecule has 200 valence electrons. The third kappa shape index (κ3) is 30.9. The second-order valence-electron chi connectivity index (χ2n) is 10.2. The monoisotopic (exact) mass is 512 g/mol. The van der Waals surface area contributed by atoms with E-state index in [9.17, 15) is 13.0 Å². The minimum atomic E-state index is -4.58. The predicted molar refractivity (Wildman–Crippen MR) is 141 cm³/mol. The fraction of sp³-hybridized carbons (Fsp3) is 1.00. The van der Waals surface area contributed by atoms with Crippen molar-refractivity contribution in [2.75, 3.05) is 6.61 Å². The Balaban J connectivity index is 0. The topological polar surface area (TPSA) is 66.4 Å². The van der Waals surface area contributed by atoms with Gasteiger partial charge in [-0.3, -0.25) is 4.18 Å². The fourth-order valence-corrected chi connectivity index (χ4v) is 5.04. The van der Waals surface area contributed by atoms with Crippen LogP contribution in [0.25, 0.3) is 0 Å². The van der Waals surface area contributed by atoms with Crippen molar-refractivity contribution in [3.8, 4) is 0 Å². The van der Waals surface area contributed by atoms with Crippen molar-refractivity contribution < 1.29 is 46.7 Å². The molecule has 0 saturated carbocycles. The van der Waals surface area contributed by atoms with Gasteiger partial charge in [-0.2, -0.15) is 0 Å². The van der Waals surface area contributed by atoms with E-state index in [1.54, 1.807) is 0 Å². The van der Waals surface area contributed by atoms with Gasteiger partial charge in [0.1, 0.15) is 0 Å². The molecule has 0 N–H and O–H groups in total. The van der Waals surface area contributed by atoms with Crippen LogP contribution in [0.5, 0.6) is 0 Å². The molecule has 0 aromatic rings. The summed E-state index contributed by atoms with van der Waals surface area (Å²) < 4.78 is 37.2. The summed E-state index contributed by atoms with van der Waals surface area (Å²) in [5.74, 6) is 0.200. The van der Waals surface area contributed by atoms with Gasteiger partial charge in [0.2, 0.25) is 10.4 Å². The third-order valence-corrected chi connectivity index (χ3v) is 7.30. The van der Waals surface area contributed by atoms with E-state index in [0.717, 1.165) is 25.7 Å². The minimum Gasteiger partial charge on any atom is -0.726 e. The first-order valence-electron chi connectivity index (χ1n) is 14.6. The van der Waals surface area contributed by atoms with Gasteiger partial charge in [0.05, 0.1) is 6.61 Å². The van der Waals surface area contributed by atoms with Crippen molar-refractivity contribution in [1.82, 2.24) is 0 Å². The summed E-state index contributed by atoms with van der Waals surface area (Å²) >= 11 is 0. The van der Waals surface area contributed by atoms with Gasteiger partial charge in [-0.05, 0) is 18.8 Å². The van der Waals surface area contributed by atoms with Crippen LogP contribution in [0.4, 0.5) is 0 Å². The van der Waals surface area contributed by atoms with E-state index in [1.807, 2.05) is 0 Å². The van der Waals surface area contributed by atoms with E-state index < -0.39 is 10.4 Å². The second kappa shape index (κ2) is 28.4. The minimum absolute atomic E-state index is 0. The largest absolute Gasteiger partial charge is 1.00 e. The van der Waals surface area contributed by atoms with Crippen molar-refractivity contribution in [1.29, 1.82) is 0 Å². The van der Waals surface area contributed by atoms with E-state index in [2.05, 4.69) is 18.0 Å². The Morgan fingerprint density at radius 3 is 1.06 bits per heavy atom. The van der Waals surface area contributed by atoms with Gasteiger partial charge in [0, 0.05) is 0 Å². The Morgan fingerprint density at radius 2 is 0.794 bits per heavy atom. The molecule has 0 heterocycles. The molecule has 0 bridgehead atoms. The molecular weight excluding hydrogens is 455 g/mol. The average molecular weight is 513 g/mol. The first-order valence-corrected chi connectivity index (χ1v) is 15.9.